The van der Waals surface area contributed by atoms with Crippen molar-refractivity contribution in [1.82, 2.24) is 9.66 Å². The standard InChI is InChI=1S/C28H30N4O4/c1-18-4-6-20(7-5-18)31-10-8-19(9-11-31)17-35-24-12-21(33-2)13-25-22(24)14-26(36-25)23-16-32-27(29-23)15-28(30-32)34-3/h4-7,12-14,16,19H,8-11,15,17H2,1-3H3. The summed E-state index contributed by atoms with van der Waals surface area (Å²) in [6.07, 6.45) is 4.63. The summed E-state index contributed by atoms with van der Waals surface area (Å²) in [5.41, 5.74) is 4.03. The Bertz CT molecular complexity index is 1410. The molecule has 4 aromatic rings. The highest BCUT2D eigenvalue weighted by molar-refractivity contribution is 5.89. The lowest BCUT2D eigenvalue weighted by Crippen LogP contribution is -2.35. The van der Waals surface area contributed by atoms with E-state index in [1.807, 2.05) is 24.4 Å². The largest absolute Gasteiger partial charge is 0.496 e. The lowest BCUT2D eigenvalue weighted by atomic mass is 9.97. The molecule has 2 aromatic carbocycles. The van der Waals surface area contributed by atoms with Crippen molar-refractivity contribution in [3.05, 3.63) is 60.0 Å². The summed E-state index contributed by atoms with van der Waals surface area (Å²) < 4.78 is 25.0. The molecule has 0 atom stereocenters. The highest BCUT2D eigenvalue weighted by atomic mass is 16.5. The average Bonchev–Trinajstić information content (AvgIpc) is 3.61. The van der Waals surface area contributed by atoms with Gasteiger partial charge in [0.05, 0.1) is 38.8 Å². The number of hydrogen-bond donors (Lipinski definition) is 0. The molecule has 0 spiro atoms. The Kier molecular flexibility index (Phi) is 5.79. The van der Waals surface area contributed by atoms with Crippen LogP contribution in [0, 0.1) is 12.8 Å². The number of benzene rings is 2. The highest BCUT2D eigenvalue weighted by Gasteiger charge is 2.23. The third kappa shape index (κ3) is 4.27. The van der Waals surface area contributed by atoms with Crippen LogP contribution in [0.1, 0.15) is 24.2 Å². The number of fused-ring (bicyclic) bond motifs is 2. The van der Waals surface area contributed by atoms with Crippen LogP contribution in [-0.4, -0.2) is 49.5 Å². The van der Waals surface area contributed by atoms with Crippen molar-refractivity contribution < 1.29 is 18.6 Å². The maximum Gasteiger partial charge on any atom is 0.214 e. The van der Waals surface area contributed by atoms with Gasteiger partial charge in [-0.05, 0) is 43.9 Å². The van der Waals surface area contributed by atoms with Crippen LogP contribution in [0.25, 0.3) is 22.4 Å². The van der Waals surface area contributed by atoms with Gasteiger partial charge in [0.25, 0.3) is 0 Å². The van der Waals surface area contributed by atoms with E-state index in [4.69, 9.17) is 18.6 Å². The molecule has 36 heavy (non-hydrogen) atoms. The Balaban J connectivity index is 1.17. The van der Waals surface area contributed by atoms with Crippen molar-refractivity contribution in [2.75, 3.05) is 38.8 Å². The maximum atomic E-state index is 6.37. The summed E-state index contributed by atoms with van der Waals surface area (Å²) in [7, 11) is 3.27. The van der Waals surface area contributed by atoms with Crippen LogP contribution in [0.4, 0.5) is 5.69 Å². The van der Waals surface area contributed by atoms with Gasteiger partial charge in [0.15, 0.2) is 5.76 Å². The van der Waals surface area contributed by atoms with Crippen LogP contribution in [-0.2, 0) is 11.2 Å². The Labute approximate surface area is 210 Å². The zero-order valence-corrected chi connectivity index (χ0v) is 20.9. The van der Waals surface area contributed by atoms with E-state index in [1.165, 1.54) is 11.3 Å². The Morgan fingerprint density at radius 3 is 2.56 bits per heavy atom. The molecule has 2 aromatic heterocycles. The fraction of sp³-hybridized carbons (Fsp3) is 0.357. The van der Waals surface area contributed by atoms with Crippen molar-refractivity contribution in [2.24, 2.45) is 11.0 Å². The number of nitrogens with zero attached hydrogens (tertiary/aromatic N) is 4. The van der Waals surface area contributed by atoms with Gasteiger partial charge in [-0.1, -0.05) is 17.7 Å². The number of aryl methyl sites for hydroxylation is 1. The molecule has 0 aliphatic carbocycles. The Hall–Kier alpha value is -3.94. The molecule has 1 fully saturated rings. The van der Waals surface area contributed by atoms with Gasteiger partial charge in [-0.25, -0.2) is 9.66 Å². The van der Waals surface area contributed by atoms with Crippen LogP contribution in [0.15, 0.2) is 58.2 Å². The van der Waals surface area contributed by atoms with Crippen LogP contribution in [0.2, 0.25) is 0 Å². The van der Waals surface area contributed by atoms with Gasteiger partial charge in [0, 0.05) is 30.9 Å². The molecule has 8 nitrogen and oxygen atoms in total. The predicted molar refractivity (Wildman–Crippen MR) is 139 cm³/mol. The van der Waals surface area contributed by atoms with Crippen LogP contribution in [0.5, 0.6) is 11.5 Å². The third-order valence-electron chi connectivity index (χ3n) is 7.07. The summed E-state index contributed by atoms with van der Waals surface area (Å²) in [6.45, 7) is 4.87. The highest BCUT2D eigenvalue weighted by Crippen LogP contribution is 2.37. The summed E-state index contributed by atoms with van der Waals surface area (Å²) in [5.74, 6) is 4.13. The topological polar surface area (TPSA) is 74.2 Å². The maximum absolute atomic E-state index is 6.37. The lowest BCUT2D eigenvalue weighted by Gasteiger charge is -2.33. The number of piperidine rings is 1. The molecule has 8 heteroatoms. The number of furan rings is 1. The van der Waals surface area contributed by atoms with E-state index in [1.54, 1.807) is 18.9 Å². The van der Waals surface area contributed by atoms with Gasteiger partial charge in [0.1, 0.15) is 28.6 Å². The zero-order chi connectivity index (χ0) is 24.6. The molecule has 2 aliphatic heterocycles. The Morgan fingerprint density at radius 2 is 1.83 bits per heavy atom. The van der Waals surface area contributed by atoms with Crippen molar-refractivity contribution in [3.8, 4) is 23.0 Å². The van der Waals surface area contributed by atoms with Crippen LogP contribution in [0.3, 0.4) is 0 Å². The number of ether oxygens (including phenoxy) is 3. The number of aromatic nitrogens is 2. The van der Waals surface area contributed by atoms with Gasteiger partial charge in [-0.2, -0.15) is 0 Å². The number of rotatable bonds is 6. The molecular weight excluding hydrogens is 456 g/mol. The van der Waals surface area contributed by atoms with Gasteiger partial charge in [0.2, 0.25) is 5.90 Å². The van der Waals surface area contributed by atoms with E-state index in [-0.39, 0.29) is 0 Å². The predicted octanol–water partition coefficient (Wildman–Crippen LogP) is 5.27. The number of anilines is 1. The first-order chi connectivity index (χ1) is 17.6. The molecule has 0 saturated carbocycles. The minimum Gasteiger partial charge on any atom is -0.496 e. The van der Waals surface area contributed by atoms with Crippen LogP contribution < -0.4 is 14.4 Å². The second kappa shape index (κ2) is 9.26. The fourth-order valence-corrected chi connectivity index (χ4v) is 4.91. The molecule has 0 bridgehead atoms. The molecule has 1 saturated heterocycles. The summed E-state index contributed by atoms with van der Waals surface area (Å²) in [4.78, 5) is 7.14. The fourth-order valence-electron chi connectivity index (χ4n) is 4.91. The average molecular weight is 487 g/mol. The van der Waals surface area contributed by atoms with E-state index >= 15 is 0 Å². The van der Waals surface area contributed by atoms with Crippen molar-refractivity contribution in [1.29, 1.82) is 0 Å². The molecule has 186 valence electrons. The van der Waals surface area contributed by atoms with E-state index in [9.17, 15) is 0 Å². The summed E-state index contributed by atoms with van der Waals surface area (Å²) in [5, 5.41) is 5.30. The molecule has 2 aliphatic rings. The van der Waals surface area contributed by atoms with E-state index < -0.39 is 0 Å². The Morgan fingerprint density at radius 1 is 1.03 bits per heavy atom. The van der Waals surface area contributed by atoms with Crippen LogP contribution >= 0.6 is 0 Å². The van der Waals surface area contributed by atoms with Gasteiger partial charge < -0.3 is 23.5 Å². The summed E-state index contributed by atoms with van der Waals surface area (Å²) >= 11 is 0. The van der Waals surface area contributed by atoms with Crippen molar-refractivity contribution >= 4 is 22.6 Å². The first-order valence-electron chi connectivity index (χ1n) is 12.4. The minimum absolute atomic E-state index is 0.503. The SMILES string of the molecule is COC1=Nn2cc(-c3cc4c(OCC5CCN(c6ccc(C)cc6)CC5)cc(OC)cc4o3)nc2C1. The first-order valence-corrected chi connectivity index (χ1v) is 12.4. The third-order valence-corrected chi connectivity index (χ3v) is 7.07. The molecule has 6 rings (SSSR count). The number of hydrogen-bond acceptors (Lipinski definition) is 7. The quantitative estimate of drug-likeness (QED) is 0.370. The number of imidazole rings is 1. The molecule has 0 unspecified atom stereocenters. The monoisotopic (exact) mass is 486 g/mol. The number of methoxy groups -OCH3 is 2. The smallest absolute Gasteiger partial charge is 0.214 e. The molecule has 0 amide bonds. The van der Waals surface area contributed by atoms with Gasteiger partial charge >= 0.3 is 0 Å². The molecule has 0 N–H and O–H groups in total. The van der Waals surface area contributed by atoms with Gasteiger partial charge in [-0.3, -0.25) is 0 Å². The second-order valence-corrected chi connectivity index (χ2v) is 9.49. The molecule has 4 heterocycles. The lowest BCUT2D eigenvalue weighted by molar-refractivity contribution is 0.224. The first kappa shape index (κ1) is 22.5. The molecule has 0 radical (unpaired) electrons. The van der Waals surface area contributed by atoms with E-state index in [0.29, 0.717) is 41.9 Å². The zero-order valence-electron chi connectivity index (χ0n) is 20.9. The van der Waals surface area contributed by atoms with Crippen molar-refractivity contribution in [2.45, 2.75) is 26.2 Å². The second-order valence-electron chi connectivity index (χ2n) is 9.49. The normalized spacial score (nSPS) is 15.8. The van der Waals surface area contributed by atoms with E-state index in [0.717, 1.165) is 48.6 Å². The molecular formula is C28H30N4O4. The van der Waals surface area contributed by atoms with Gasteiger partial charge in [-0.15, -0.1) is 5.10 Å². The van der Waals surface area contributed by atoms with Crippen molar-refractivity contribution in [3.63, 3.8) is 0 Å². The van der Waals surface area contributed by atoms with E-state index in [2.05, 4.69) is 46.2 Å². The minimum atomic E-state index is 0.503. The summed E-state index contributed by atoms with van der Waals surface area (Å²) in [6, 6.07) is 14.6.